The highest BCUT2D eigenvalue weighted by Gasteiger charge is 2.27. The molecule has 2 fully saturated rings. The highest BCUT2D eigenvalue weighted by atomic mass is 35.5. The number of carbonyl (C=O) groups is 1. The van der Waals surface area contributed by atoms with Crippen LogP contribution >= 0.6 is 11.6 Å². The molecule has 3 rings (SSSR count). The number of rotatable bonds is 5. The van der Waals surface area contributed by atoms with E-state index in [0.717, 1.165) is 44.7 Å². The van der Waals surface area contributed by atoms with E-state index in [1.807, 2.05) is 18.2 Å². The van der Waals surface area contributed by atoms with Crippen molar-refractivity contribution in [2.75, 3.05) is 39.5 Å². The summed E-state index contributed by atoms with van der Waals surface area (Å²) < 4.78 is 10.9. The molecule has 0 radical (unpaired) electrons. The number of nitrogens with zero attached hydrogens (tertiary/aromatic N) is 1. The van der Waals surface area contributed by atoms with Crippen LogP contribution in [-0.4, -0.2) is 56.4 Å². The molecular formula is C17H23ClN2O3. The smallest absolute Gasteiger partial charge is 0.249 e. The number of benzene rings is 1. The van der Waals surface area contributed by atoms with Gasteiger partial charge < -0.3 is 14.8 Å². The summed E-state index contributed by atoms with van der Waals surface area (Å²) in [6.07, 6.45) is 1.48. The summed E-state index contributed by atoms with van der Waals surface area (Å²) >= 11 is 6.14. The van der Waals surface area contributed by atoms with Crippen molar-refractivity contribution >= 4 is 17.5 Å². The van der Waals surface area contributed by atoms with Gasteiger partial charge in [-0.1, -0.05) is 23.7 Å². The molecule has 0 spiro atoms. The van der Waals surface area contributed by atoms with Gasteiger partial charge in [0.25, 0.3) is 0 Å². The Morgan fingerprint density at radius 1 is 1.35 bits per heavy atom. The Labute approximate surface area is 141 Å². The van der Waals surface area contributed by atoms with Gasteiger partial charge in [-0.2, -0.15) is 0 Å². The standard InChI is InChI=1S/C17H23ClN2O3/c18-14-4-1-3-13(11-14)15(20-6-9-22-10-7-20)12-19-17(21)16-5-2-8-23-16/h1,3-4,11,15-16H,2,5-10,12H2,(H,19,21). The Hall–Kier alpha value is -1.14. The summed E-state index contributed by atoms with van der Waals surface area (Å²) in [6, 6.07) is 7.95. The van der Waals surface area contributed by atoms with Crippen molar-refractivity contribution in [1.29, 1.82) is 0 Å². The average molecular weight is 339 g/mol. The molecule has 0 aliphatic carbocycles. The second-order valence-corrected chi connectivity index (χ2v) is 6.40. The number of carbonyl (C=O) groups excluding carboxylic acids is 1. The zero-order valence-electron chi connectivity index (χ0n) is 13.2. The highest BCUT2D eigenvalue weighted by Crippen LogP contribution is 2.24. The molecule has 1 aromatic rings. The molecular weight excluding hydrogens is 316 g/mol. The first-order valence-electron chi connectivity index (χ1n) is 8.20. The predicted octanol–water partition coefficient (Wildman–Crippen LogP) is 2.01. The molecule has 5 nitrogen and oxygen atoms in total. The SMILES string of the molecule is O=C(NCC(c1cccc(Cl)c1)N1CCOCC1)C1CCCO1. The quantitative estimate of drug-likeness (QED) is 0.892. The minimum atomic E-state index is -0.292. The summed E-state index contributed by atoms with van der Waals surface area (Å²) in [5.41, 5.74) is 1.12. The Balaban J connectivity index is 1.68. The van der Waals surface area contributed by atoms with Gasteiger partial charge in [-0.05, 0) is 30.5 Å². The number of morpholine rings is 1. The van der Waals surface area contributed by atoms with Gasteiger partial charge in [-0.15, -0.1) is 0 Å². The van der Waals surface area contributed by atoms with Crippen LogP contribution in [0.3, 0.4) is 0 Å². The van der Waals surface area contributed by atoms with Crippen molar-refractivity contribution in [3.63, 3.8) is 0 Å². The van der Waals surface area contributed by atoms with Crippen molar-refractivity contribution < 1.29 is 14.3 Å². The molecule has 2 atom stereocenters. The lowest BCUT2D eigenvalue weighted by atomic mass is 10.0. The van der Waals surface area contributed by atoms with Gasteiger partial charge in [0, 0.05) is 31.3 Å². The molecule has 2 aliphatic rings. The molecule has 0 bridgehead atoms. The Morgan fingerprint density at radius 2 is 2.17 bits per heavy atom. The summed E-state index contributed by atoms with van der Waals surface area (Å²) in [5.74, 6) is -0.0113. The molecule has 2 saturated heterocycles. The lowest BCUT2D eigenvalue weighted by molar-refractivity contribution is -0.130. The van der Waals surface area contributed by atoms with E-state index >= 15 is 0 Å². The third kappa shape index (κ3) is 4.44. The van der Waals surface area contributed by atoms with E-state index in [4.69, 9.17) is 21.1 Å². The van der Waals surface area contributed by atoms with Crippen molar-refractivity contribution in [1.82, 2.24) is 10.2 Å². The van der Waals surface area contributed by atoms with Crippen molar-refractivity contribution in [3.05, 3.63) is 34.9 Å². The van der Waals surface area contributed by atoms with Gasteiger partial charge >= 0.3 is 0 Å². The van der Waals surface area contributed by atoms with Crippen molar-refractivity contribution in [2.45, 2.75) is 25.0 Å². The maximum Gasteiger partial charge on any atom is 0.249 e. The number of ether oxygens (including phenoxy) is 2. The van der Waals surface area contributed by atoms with Crippen LogP contribution < -0.4 is 5.32 Å². The van der Waals surface area contributed by atoms with E-state index in [9.17, 15) is 4.79 Å². The van der Waals surface area contributed by atoms with Gasteiger partial charge in [0.2, 0.25) is 5.91 Å². The van der Waals surface area contributed by atoms with E-state index in [0.29, 0.717) is 18.2 Å². The molecule has 126 valence electrons. The molecule has 0 saturated carbocycles. The fraction of sp³-hybridized carbons (Fsp3) is 0.588. The fourth-order valence-corrected chi connectivity index (χ4v) is 3.36. The van der Waals surface area contributed by atoms with Crippen LogP contribution in [0, 0.1) is 0 Å². The van der Waals surface area contributed by atoms with Crippen LogP contribution in [0.5, 0.6) is 0 Å². The van der Waals surface area contributed by atoms with E-state index in [1.165, 1.54) is 0 Å². The molecule has 2 heterocycles. The van der Waals surface area contributed by atoms with Crippen LogP contribution in [0.25, 0.3) is 0 Å². The normalized spacial score (nSPS) is 23.6. The van der Waals surface area contributed by atoms with Crippen LogP contribution in [0.15, 0.2) is 24.3 Å². The molecule has 0 aromatic heterocycles. The zero-order chi connectivity index (χ0) is 16.1. The second-order valence-electron chi connectivity index (χ2n) is 5.97. The topological polar surface area (TPSA) is 50.8 Å². The first-order chi connectivity index (χ1) is 11.2. The predicted molar refractivity (Wildman–Crippen MR) is 88.6 cm³/mol. The van der Waals surface area contributed by atoms with Crippen molar-refractivity contribution in [2.24, 2.45) is 0 Å². The fourth-order valence-electron chi connectivity index (χ4n) is 3.16. The van der Waals surface area contributed by atoms with E-state index in [2.05, 4.69) is 16.3 Å². The molecule has 2 aliphatic heterocycles. The largest absolute Gasteiger partial charge is 0.379 e. The van der Waals surface area contributed by atoms with E-state index in [1.54, 1.807) is 0 Å². The third-order valence-corrected chi connectivity index (χ3v) is 4.65. The summed E-state index contributed by atoms with van der Waals surface area (Å²) in [6.45, 7) is 4.38. The Kier molecular flexibility index (Phi) is 5.89. The van der Waals surface area contributed by atoms with Gasteiger partial charge in [0.1, 0.15) is 6.10 Å². The minimum absolute atomic E-state index is 0.0113. The van der Waals surface area contributed by atoms with Crippen molar-refractivity contribution in [3.8, 4) is 0 Å². The molecule has 2 unspecified atom stereocenters. The number of hydrogen-bond acceptors (Lipinski definition) is 4. The third-order valence-electron chi connectivity index (χ3n) is 4.41. The maximum absolute atomic E-state index is 12.2. The molecule has 6 heteroatoms. The van der Waals surface area contributed by atoms with Crippen LogP contribution in [0.4, 0.5) is 0 Å². The number of halogens is 1. The van der Waals surface area contributed by atoms with Crippen LogP contribution in [-0.2, 0) is 14.3 Å². The van der Waals surface area contributed by atoms with Gasteiger partial charge in [-0.3, -0.25) is 9.69 Å². The monoisotopic (exact) mass is 338 g/mol. The summed E-state index contributed by atoms with van der Waals surface area (Å²) in [7, 11) is 0. The van der Waals surface area contributed by atoms with Crippen LogP contribution in [0.1, 0.15) is 24.4 Å². The average Bonchev–Trinajstić information content (AvgIpc) is 3.10. The molecule has 1 amide bonds. The van der Waals surface area contributed by atoms with Gasteiger partial charge in [0.05, 0.1) is 19.3 Å². The Morgan fingerprint density at radius 3 is 2.87 bits per heavy atom. The number of amides is 1. The first-order valence-corrected chi connectivity index (χ1v) is 8.58. The first kappa shape index (κ1) is 16.7. The minimum Gasteiger partial charge on any atom is -0.379 e. The summed E-state index contributed by atoms with van der Waals surface area (Å²) in [5, 5.41) is 3.76. The summed E-state index contributed by atoms with van der Waals surface area (Å²) in [4.78, 5) is 14.6. The molecule has 1 aromatic carbocycles. The maximum atomic E-state index is 12.2. The molecule has 1 N–H and O–H groups in total. The van der Waals surface area contributed by atoms with Crippen LogP contribution in [0.2, 0.25) is 5.02 Å². The van der Waals surface area contributed by atoms with Gasteiger partial charge in [-0.25, -0.2) is 0 Å². The number of hydrogen-bond donors (Lipinski definition) is 1. The van der Waals surface area contributed by atoms with E-state index in [-0.39, 0.29) is 18.1 Å². The van der Waals surface area contributed by atoms with Gasteiger partial charge in [0.15, 0.2) is 0 Å². The lowest BCUT2D eigenvalue weighted by Gasteiger charge is -2.35. The molecule has 23 heavy (non-hydrogen) atoms. The second kappa shape index (κ2) is 8.11. The zero-order valence-corrected chi connectivity index (χ0v) is 13.9. The highest BCUT2D eigenvalue weighted by molar-refractivity contribution is 6.30. The Bertz CT molecular complexity index is 528. The van der Waals surface area contributed by atoms with E-state index < -0.39 is 0 Å². The number of nitrogens with one attached hydrogen (secondary N) is 1. The lowest BCUT2D eigenvalue weighted by Crippen LogP contribution is -2.45.